The molecule has 1 fully saturated rings. The quantitative estimate of drug-likeness (QED) is 0.905. The van der Waals surface area contributed by atoms with Crippen LogP contribution in [0, 0.1) is 18.7 Å². The summed E-state index contributed by atoms with van der Waals surface area (Å²) in [6, 6.07) is 5.06. The number of nitrogens with zero attached hydrogens (tertiary/aromatic N) is 2. The Kier molecular flexibility index (Phi) is 4.16. The Hall–Kier alpha value is -1.78. The highest BCUT2D eigenvalue weighted by Crippen LogP contribution is 2.28. The third kappa shape index (κ3) is 2.86. The number of piperidine rings is 1. The molecular weight excluding hydrogens is 259 g/mol. The van der Waals surface area contributed by atoms with Gasteiger partial charge in [0.25, 0.3) is 0 Å². The summed E-state index contributed by atoms with van der Waals surface area (Å²) in [4.78, 5) is 14.6. The molecule has 0 bridgehead atoms. The van der Waals surface area contributed by atoms with Crippen molar-refractivity contribution in [3.8, 4) is 0 Å². The molecule has 2 atom stereocenters. The fourth-order valence-electron chi connectivity index (χ4n) is 3.08. The average molecular weight is 280 g/mol. The summed E-state index contributed by atoms with van der Waals surface area (Å²) in [5, 5.41) is 9.04. The average Bonchev–Trinajstić information content (AvgIpc) is 2.37. The zero-order valence-electron chi connectivity index (χ0n) is 12.1. The lowest BCUT2D eigenvalue weighted by atomic mass is 9.92. The third-order valence-electron chi connectivity index (χ3n) is 4.17. The Bertz CT molecular complexity index is 507. The minimum absolute atomic E-state index is 0.228. The lowest BCUT2D eigenvalue weighted by Crippen LogP contribution is -2.50. The number of anilines is 1. The first-order valence-corrected chi connectivity index (χ1v) is 6.87. The maximum atomic E-state index is 13.2. The van der Waals surface area contributed by atoms with Gasteiger partial charge in [-0.15, -0.1) is 0 Å². The first-order chi connectivity index (χ1) is 9.40. The van der Waals surface area contributed by atoms with Gasteiger partial charge in [-0.3, -0.25) is 0 Å². The van der Waals surface area contributed by atoms with Crippen molar-refractivity contribution >= 4 is 11.8 Å². The summed E-state index contributed by atoms with van der Waals surface area (Å²) in [6.45, 7) is 5.06. The van der Waals surface area contributed by atoms with Crippen molar-refractivity contribution in [2.75, 3.05) is 25.0 Å². The van der Waals surface area contributed by atoms with Gasteiger partial charge in [0.2, 0.25) is 0 Å². The number of hydrogen-bond donors (Lipinski definition) is 1. The van der Waals surface area contributed by atoms with Gasteiger partial charge < -0.3 is 14.9 Å². The Morgan fingerprint density at radius 1 is 1.50 bits per heavy atom. The van der Waals surface area contributed by atoms with Gasteiger partial charge in [0.1, 0.15) is 5.82 Å². The van der Waals surface area contributed by atoms with Crippen LogP contribution in [0.15, 0.2) is 18.2 Å². The van der Waals surface area contributed by atoms with Crippen LogP contribution in [0.1, 0.15) is 18.9 Å². The number of hydrogen-bond acceptors (Lipinski definition) is 2. The van der Waals surface area contributed by atoms with Crippen LogP contribution in [0.2, 0.25) is 0 Å². The molecule has 1 aromatic rings. The maximum Gasteiger partial charge on any atom is 0.407 e. The highest BCUT2D eigenvalue weighted by molar-refractivity contribution is 5.65. The van der Waals surface area contributed by atoms with Gasteiger partial charge in [-0.1, -0.05) is 6.92 Å². The van der Waals surface area contributed by atoms with Crippen molar-refractivity contribution in [3.05, 3.63) is 29.6 Å². The van der Waals surface area contributed by atoms with Crippen molar-refractivity contribution in [1.29, 1.82) is 0 Å². The molecule has 1 aliphatic rings. The lowest BCUT2D eigenvalue weighted by Gasteiger charge is -2.41. The van der Waals surface area contributed by atoms with Crippen LogP contribution in [0.3, 0.4) is 0 Å². The van der Waals surface area contributed by atoms with E-state index < -0.39 is 6.09 Å². The van der Waals surface area contributed by atoms with Crippen LogP contribution in [0.5, 0.6) is 0 Å². The van der Waals surface area contributed by atoms with Crippen LogP contribution in [0.4, 0.5) is 14.9 Å². The van der Waals surface area contributed by atoms with Crippen LogP contribution in [0.25, 0.3) is 0 Å². The summed E-state index contributed by atoms with van der Waals surface area (Å²) >= 11 is 0. The molecule has 1 N–H and O–H groups in total. The Morgan fingerprint density at radius 3 is 2.75 bits per heavy atom. The molecule has 1 aromatic carbocycles. The number of carbonyl (C=O) groups is 1. The number of amides is 1. The zero-order valence-corrected chi connectivity index (χ0v) is 12.1. The van der Waals surface area contributed by atoms with Crippen LogP contribution >= 0.6 is 0 Å². The number of halogens is 1. The highest BCUT2D eigenvalue weighted by atomic mass is 19.1. The second-order valence-electron chi connectivity index (χ2n) is 5.60. The smallest absolute Gasteiger partial charge is 0.407 e. The summed E-state index contributed by atoms with van der Waals surface area (Å²) in [5.74, 6) is 0.0164. The van der Waals surface area contributed by atoms with Crippen molar-refractivity contribution in [3.63, 3.8) is 0 Å². The molecule has 0 saturated carbocycles. The summed E-state index contributed by atoms with van der Waals surface area (Å²) < 4.78 is 13.2. The molecule has 1 amide bonds. The van der Waals surface area contributed by atoms with E-state index in [1.807, 2.05) is 14.0 Å². The van der Waals surface area contributed by atoms with Gasteiger partial charge in [0.15, 0.2) is 0 Å². The number of rotatable bonds is 2. The molecule has 0 spiro atoms. The molecule has 1 saturated heterocycles. The molecule has 110 valence electrons. The van der Waals surface area contributed by atoms with Crippen LogP contribution in [-0.2, 0) is 0 Å². The van der Waals surface area contributed by atoms with E-state index in [4.69, 9.17) is 5.11 Å². The molecule has 1 heterocycles. The van der Waals surface area contributed by atoms with Gasteiger partial charge in [0, 0.05) is 31.9 Å². The van der Waals surface area contributed by atoms with E-state index in [1.54, 1.807) is 6.07 Å². The molecule has 20 heavy (non-hydrogen) atoms. The third-order valence-corrected chi connectivity index (χ3v) is 4.17. The minimum atomic E-state index is -0.851. The largest absolute Gasteiger partial charge is 0.465 e. The first-order valence-electron chi connectivity index (χ1n) is 6.87. The Balaban J connectivity index is 2.13. The number of aryl methyl sites for hydroxylation is 1. The minimum Gasteiger partial charge on any atom is -0.465 e. The summed E-state index contributed by atoms with van der Waals surface area (Å²) in [5.41, 5.74) is 1.91. The maximum absolute atomic E-state index is 13.2. The number of likely N-dealkylation sites (tertiary alicyclic amines) is 1. The second kappa shape index (κ2) is 5.69. The van der Waals surface area contributed by atoms with Gasteiger partial charge in [-0.2, -0.15) is 0 Å². The predicted octanol–water partition coefficient (Wildman–Crippen LogP) is 2.96. The van der Waals surface area contributed by atoms with E-state index in [0.29, 0.717) is 13.1 Å². The zero-order chi connectivity index (χ0) is 14.9. The van der Waals surface area contributed by atoms with Crippen molar-refractivity contribution in [1.82, 2.24) is 4.90 Å². The first kappa shape index (κ1) is 14.6. The van der Waals surface area contributed by atoms with Gasteiger partial charge in [-0.25, -0.2) is 9.18 Å². The highest BCUT2D eigenvalue weighted by Gasteiger charge is 2.31. The normalized spacial score (nSPS) is 22.7. The van der Waals surface area contributed by atoms with Crippen molar-refractivity contribution < 1.29 is 14.3 Å². The second-order valence-corrected chi connectivity index (χ2v) is 5.60. The van der Waals surface area contributed by atoms with E-state index in [2.05, 4.69) is 11.8 Å². The molecule has 2 rings (SSSR count). The number of carboxylic acid groups (broad SMARTS) is 1. The van der Waals surface area contributed by atoms with Gasteiger partial charge in [0.05, 0.1) is 0 Å². The fourth-order valence-corrected chi connectivity index (χ4v) is 3.08. The fraction of sp³-hybridized carbons (Fsp3) is 0.533. The molecular formula is C15H21FN2O2. The van der Waals surface area contributed by atoms with Crippen LogP contribution in [-0.4, -0.2) is 42.3 Å². The van der Waals surface area contributed by atoms with Gasteiger partial charge >= 0.3 is 6.09 Å². The van der Waals surface area contributed by atoms with E-state index in [0.717, 1.165) is 17.7 Å². The lowest BCUT2D eigenvalue weighted by molar-refractivity contribution is 0.116. The van der Waals surface area contributed by atoms with E-state index in [9.17, 15) is 9.18 Å². The molecule has 0 aromatic heterocycles. The summed E-state index contributed by atoms with van der Waals surface area (Å²) in [7, 11) is 2.00. The molecule has 0 aliphatic carbocycles. The molecule has 4 nitrogen and oxygen atoms in total. The predicted molar refractivity (Wildman–Crippen MR) is 76.7 cm³/mol. The van der Waals surface area contributed by atoms with Gasteiger partial charge in [-0.05, 0) is 43.0 Å². The standard InChI is InChI=1S/C15H21FN2O2/c1-10-8-12(16)4-5-13(10)17(3)14-6-7-18(15(19)20)9-11(14)2/h4-5,8,11,14H,6-7,9H2,1-3H3,(H,19,20)/t11-,14+/m0/s1. The molecule has 0 radical (unpaired) electrons. The topological polar surface area (TPSA) is 43.8 Å². The SMILES string of the molecule is Cc1cc(F)ccc1N(C)[C@@H]1CCN(C(=O)O)C[C@@H]1C. The Labute approximate surface area is 118 Å². The van der Waals surface area contributed by atoms with E-state index >= 15 is 0 Å². The number of benzene rings is 1. The summed E-state index contributed by atoms with van der Waals surface area (Å²) in [6.07, 6.45) is -0.0586. The Morgan fingerprint density at radius 2 is 2.20 bits per heavy atom. The van der Waals surface area contributed by atoms with E-state index in [1.165, 1.54) is 17.0 Å². The van der Waals surface area contributed by atoms with Crippen molar-refractivity contribution in [2.45, 2.75) is 26.3 Å². The van der Waals surface area contributed by atoms with E-state index in [-0.39, 0.29) is 17.8 Å². The molecule has 0 unspecified atom stereocenters. The molecule has 1 aliphatic heterocycles. The van der Waals surface area contributed by atoms with Crippen molar-refractivity contribution in [2.24, 2.45) is 5.92 Å². The molecule has 5 heteroatoms. The van der Waals surface area contributed by atoms with Crippen LogP contribution < -0.4 is 4.90 Å². The monoisotopic (exact) mass is 280 g/mol.